The van der Waals surface area contributed by atoms with Crippen molar-refractivity contribution in [2.45, 2.75) is 23.8 Å². The number of sulfonamides is 1. The van der Waals surface area contributed by atoms with Crippen molar-refractivity contribution < 1.29 is 13.5 Å². The maximum absolute atomic E-state index is 12.5. The van der Waals surface area contributed by atoms with E-state index in [9.17, 15) is 13.5 Å². The van der Waals surface area contributed by atoms with Crippen LogP contribution in [0.2, 0.25) is 5.15 Å². The summed E-state index contributed by atoms with van der Waals surface area (Å²) < 4.78 is 26.5. The molecule has 0 amide bonds. The van der Waals surface area contributed by atoms with Gasteiger partial charge in [0.05, 0.1) is 6.10 Å². The van der Waals surface area contributed by atoms with Crippen LogP contribution in [0.25, 0.3) is 0 Å². The van der Waals surface area contributed by atoms with Gasteiger partial charge in [-0.05, 0) is 30.9 Å². The number of aromatic nitrogens is 1. The molecule has 2 fully saturated rings. The van der Waals surface area contributed by atoms with Gasteiger partial charge in [-0.25, -0.2) is 13.4 Å². The van der Waals surface area contributed by atoms with Gasteiger partial charge < -0.3 is 5.11 Å². The molecule has 2 aliphatic rings. The number of aliphatic hydroxyl groups excluding tert-OH is 1. The van der Waals surface area contributed by atoms with E-state index in [-0.39, 0.29) is 28.0 Å². The zero-order valence-electron chi connectivity index (χ0n) is 10.2. The molecule has 3 unspecified atom stereocenters. The first kappa shape index (κ1) is 13.3. The van der Waals surface area contributed by atoms with Crippen molar-refractivity contribution in [1.82, 2.24) is 9.29 Å². The lowest BCUT2D eigenvalue weighted by Gasteiger charge is -2.18. The number of aliphatic hydroxyl groups is 1. The highest BCUT2D eigenvalue weighted by molar-refractivity contribution is 7.89. The molecule has 0 aromatic carbocycles. The Bertz CT molecular complexity index is 592. The van der Waals surface area contributed by atoms with E-state index < -0.39 is 10.0 Å². The summed E-state index contributed by atoms with van der Waals surface area (Å²) in [5.74, 6) is 0.324. The van der Waals surface area contributed by atoms with E-state index in [1.165, 1.54) is 16.6 Å². The number of nitrogens with zero attached hydrogens (tertiary/aromatic N) is 2. The number of pyridine rings is 1. The fraction of sp³-hybridized carbons (Fsp3) is 0.583. The quantitative estimate of drug-likeness (QED) is 0.831. The van der Waals surface area contributed by atoms with Crippen molar-refractivity contribution in [3.63, 3.8) is 0 Å². The average molecular weight is 303 g/mol. The second-order valence-electron chi connectivity index (χ2n) is 5.18. The lowest BCUT2D eigenvalue weighted by molar-refractivity contribution is 0.129. The third-order valence-electron chi connectivity index (χ3n) is 4.13. The van der Waals surface area contributed by atoms with Crippen molar-refractivity contribution >= 4 is 21.6 Å². The zero-order chi connectivity index (χ0) is 13.6. The maximum atomic E-state index is 12.5. The molecule has 1 aromatic heterocycles. The molecule has 1 aliphatic carbocycles. The monoisotopic (exact) mass is 302 g/mol. The summed E-state index contributed by atoms with van der Waals surface area (Å²) in [4.78, 5) is 3.86. The summed E-state index contributed by atoms with van der Waals surface area (Å²) in [5.41, 5.74) is 0. The molecule has 5 nitrogen and oxygen atoms in total. The molecule has 1 saturated carbocycles. The van der Waals surface area contributed by atoms with Crippen LogP contribution in [0.3, 0.4) is 0 Å². The van der Waals surface area contributed by atoms with Crippen LogP contribution >= 0.6 is 11.6 Å². The van der Waals surface area contributed by atoms with Crippen LogP contribution in [0.5, 0.6) is 0 Å². The number of halogens is 1. The van der Waals surface area contributed by atoms with E-state index in [1.807, 2.05) is 0 Å². The predicted molar refractivity (Wildman–Crippen MR) is 70.2 cm³/mol. The molecule has 2 heterocycles. The van der Waals surface area contributed by atoms with E-state index in [0.29, 0.717) is 13.1 Å². The smallest absolute Gasteiger partial charge is 0.246 e. The molecule has 3 rings (SSSR count). The van der Waals surface area contributed by atoms with Crippen molar-refractivity contribution in [3.8, 4) is 0 Å². The highest BCUT2D eigenvalue weighted by Crippen LogP contribution is 2.40. The number of fused-ring (bicyclic) bond motifs is 1. The fourth-order valence-electron chi connectivity index (χ4n) is 3.09. The summed E-state index contributed by atoms with van der Waals surface area (Å²) in [6.07, 6.45) is 2.74. The SMILES string of the molecule is O=S(=O)(c1cccnc1Cl)N1CC2CCC(O)C2C1. The van der Waals surface area contributed by atoms with Gasteiger partial charge in [-0.1, -0.05) is 11.6 Å². The third kappa shape index (κ3) is 2.16. The first-order valence-corrected chi connectivity index (χ1v) is 8.10. The maximum Gasteiger partial charge on any atom is 0.246 e. The van der Waals surface area contributed by atoms with Crippen molar-refractivity contribution in [2.75, 3.05) is 13.1 Å². The molecule has 1 aliphatic heterocycles. The standard InChI is InChI=1S/C12H15ClN2O3S/c13-12-11(2-1-5-14-12)19(17,18)15-6-8-3-4-10(16)9(8)7-15/h1-2,5,8-10,16H,3-4,6-7H2. The summed E-state index contributed by atoms with van der Waals surface area (Å²) in [6.45, 7) is 0.842. The second kappa shape index (κ2) is 4.70. The molecule has 0 bridgehead atoms. The minimum atomic E-state index is -3.61. The number of rotatable bonds is 2. The number of hydrogen-bond donors (Lipinski definition) is 1. The van der Waals surface area contributed by atoms with Crippen LogP contribution in [0.1, 0.15) is 12.8 Å². The van der Waals surface area contributed by atoms with Gasteiger partial charge in [0.25, 0.3) is 0 Å². The van der Waals surface area contributed by atoms with Crippen LogP contribution in [-0.2, 0) is 10.0 Å². The van der Waals surface area contributed by atoms with Crippen molar-refractivity contribution in [3.05, 3.63) is 23.5 Å². The lowest BCUT2D eigenvalue weighted by atomic mass is 10.00. The van der Waals surface area contributed by atoms with Gasteiger partial charge in [0.15, 0.2) is 0 Å². The topological polar surface area (TPSA) is 70.5 Å². The molecule has 1 saturated heterocycles. The molecule has 3 atom stereocenters. The average Bonchev–Trinajstić information content (AvgIpc) is 2.93. The van der Waals surface area contributed by atoms with E-state index in [0.717, 1.165) is 12.8 Å². The van der Waals surface area contributed by atoms with E-state index in [1.54, 1.807) is 6.07 Å². The highest BCUT2D eigenvalue weighted by Gasteiger charge is 2.46. The van der Waals surface area contributed by atoms with Crippen LogP contribution in [0.15, 0.2) is 23.2 Å². The Balaban J connectivity index is 1.89. The normalized spacial score (nSPS) is 31.6. The van der Waals surface area contributed by atoms with Gasteiger partial charge in [-0.15, -0.1) is 0 Å². The molecular weight excluding hydrogens is 288 g/mol. The Morgan fingerprint density at radius 1 is 1.37 bits per heavy atom. The zero-order valence-corrected chi connectivity index (χ0v) is 11.8. The van der Waals surface area contributed by atoms with E-state index in [2.05, 4.69) is 4.98 Å². The Morgan fingerprint density at radius 2 is 2.16 bits per heavy atom. The molecule has 7 heteroatoms. The predicted octanol–water partition coefficient (Wildman–Crippen LogP) is 1.13. The van der Waals surface area contributed by atoms with Crippen LogP contribution in [0, 0.1) is 11.8 Å². The molecule has 0 radical (unpaired) electrons. The Kier molecular flexibility index (Phi) is 3.29. The van der Waals surface area contributed by atoms with Crippen LogP contribution < -0.4 is 0 Å². The minimum Gasteiger partial charge on any atom is -0.393 e. The van der Waals surface area contributed by atoms with Gasteiger partial charge in [0.2, 0.25) is 10.0 Å². The van der Waals surface area contributed by atoms with Gasteiger partial charge in [-0.3, -0.25) is 0 Å². The molecule has 1 aromatic rings. The highest BCUT2D eigenvalue weighted by atomic mass is 35.5. The largest absolute Gasteiger partial charge is 0.393 e. The molecular formula is C12H15ClN2O3S. The first-order chi connectivity index (χ1) is 9.00. The summed E-state index contributed by atoms with van der Waals surface area (Å²) in [5, 5.41) is 9.85. The molecule has 1 N–H and O–H groups in total. The van der Waals surface area contributed by atoms with Gasteiger partial charge in [-0.2, -0.15) is 4.31 Å². The third-order valence-corrected chi connectivity index (χ3v) is 6.40. The van der Waals surface area contributed by atoms with Gasteiger partial charge >= 0.3 is 0 Å². The van der Waals surface area contributed by atoms with Crippen molar-refractivity contribution in [2.24, 2.45) is 11.8 Å². The summed E-state index contributed by atoms with van der Waals surface area (Å²) in [6, 6.07) is 3.03. The minimum absolute atomic E-state index is 0.0000999. The molecule has 0 spiro atoms. The Morgan fingerprint density at radius 3 is 2.84 bits per heavy atom. The summed E-state index contributed by atoms with van der Waals surface area (Å²) in [7, 11) is -3.61. The van der Waals surface area contributed by atoms with E-state index >= 15 is 0 Å². The van der Waals surface area contributed by atoms with Crippen LogP contribution in [-0.4, -0.2) is 42.0 Å². The molecule has 19 heavy (non-hydrogen) atoms. The second-order valence-corrected chi connectivity index (χ2v) is 7.45. The summed E-state index contributed by atoms with van der Waals surface area (Å²) >= 11 is 5.87. The fourth-order valence-corrected chi connectivity index (χ4v) is 5.06. The molecule has 104 valence electrons. The van der Waals surface area contributed by atoms with Crippen molar-refractivity contribution in [1.29, 1.82) is 0 Å². The lowest BCUT2D eigenvalue weighted by Crippen LogP contribution is -2.31. The first-order valence-electron chi connectivity index (χ1n) is 6.29. The Hall–Kier alpha value is -0.690. The Labute approximate surface area is 117 Å². The van der Waals surface area contributed by atoms with Gasteiger partial charge in [0.1, 0.15) is 10.0 Å². The van der Waals surface area contributed by atoms with Gasteiger partial charge in [0, 0.05) is 25.2 Å². The van der Waals surface area contributed by atoms with E-state index in [4.69, 9.17) is 11.6 Å². The number of hydrogen-bond acceptors (Lipinski definition) is 4. The van der Waals surface area contributed by atoms with Crippen LogP contribution in [0.4, 0.5) is 0 Å².